The van der Waals surface area contributed by atoms with E-state index in [0.717, 1.165) is 29.8 Å². The van der Waals surface area contributed by atoms with Crippen LogP contribution in [0.4, 0.5) is 0 Å². The summed E-state index contributed by atoms with van der Waals surface area (Å²) in [5.74, 6) is 0.948. The molecule has 0 unspecified atom stereocenters. The monoisotopic (exact) mass is 356 g/mol. The van der Waals surface area contributed by atoms with Crippen LogP contribution in [0.3, 0.4) is 0 Å². The van der Waals surface area contributed by atoms with Crippen molar-refractivity contribution < 1.29 is 0 Å². The van der Waals surface area contributed by atoms with Gasteiger partial charge in [0.25, 0.3) is 0 Å². The number of likely N-dealkylation sites (tertiary alicyclic amines) is 1. The summed E-state index contributed by atoms with van der Waals surface area (Å²) in [5, 5.41) is 6.96. The molecule has 2 rings (SSSR count). The number of hydrogen-bond acceptors (Lipinski definition) is 3. The summed E-state index contributed by atoms with van der Waals surface area (Å²) in [5.41, 5.74) is 0. The standard InChI is InChI=1S/C17H29ClN4S/c1-3-11-22-12-8-14(9-13-22)21-17(19-4-2)20-10-7-15-5-6-16(18)23-15/h5-6,14H,3-4,7-13H2,1-2H3,(H2,19,20,21). The molecule has 0 radical (unpaired) electrons. The van der Waals surface area contributed by atoms with Gasteiger partial charge in [0.1, 0.15) is 0 Å². The zero-order chi connectivity index (χ0) is 16.5. The Morgan fingerprint density at radius 3 is 2.74 bits per heavy atom. The Morgan fingerprint density at radius 1 is 1.35 bits per heavy atom. The number of rotatable bonds is 7. The molecule has 1 aliphatic rings. The average Bonchev–Trinajstić information content (AvgIpc) is 2.95. The Bertz CT molecular complexity index is 481. The highest BCUT2D eigenvalue weighted by Crippen LogP contribution is 2.21. The van der Waals surface area contributed by atoms with E-state index in [-0.39, 0.29) is 0 Å². The van der Waals surface area contributed by atoms with E-state index >= 15 is 0 Å². The number of thiophene rings is 1. The highest BCUT2D eigenvalue weighted by Gasteiger charge is 2.19. The Hall–Kier alpha value is -0.780. The summed E-state index contributed by atoms with van der Waals surface area (Å²) in [6.07, 6.45) is 4.59. The smallest absolute Gasteiger partial charge is 0.191 e. The highest BCUT2D eigenvalue weighted by atomic mass is 35.5. The lowest BCUT2D eigenvalue weighted by molar-refractivity contribution is 0.206. The molecule has 0 atom stereocenters. The van der Waals surface area contributed by atoms with E-state index in [9.17, 15) is 0 Å². The second kappa shape index (κ2) is 10.2. The minimum absolute atomic E-state index is 0.539. The molecule has 0 amide bonds. The minimum atomic E-state index is 0.539. The molecule has 1 aliphatic heterocycles. The Balaban J connectivity index is 1.77. The van der Waals surface area contributed by atoms with Gasteiger partial charge in [-0.15, -0.1) is 11.3 Å². The van der Waals surface area contributed by atoms with Crippen molar-refractivity contribution in [2.75, 3.05) is 32.7 Å². The van der Waals surface area contributed by atoms with Gasteiger partial charge in [-0.1, -0.05) is 18.5 Å². The number of guanidine groups is 1. The van der Waals surface area contributed by atoms with Gasteiger partial charge in [0.05, 0.1) is 4.34 Å². The minimum Gasteiger partial charge on any atom is -0.357 e. The summed E-state index contributed by atoms with van der Waals surface area (Å²) in [4.78, 5) is 8.56. The number of halogens is 1. The Kier molecular flexibility index (Phi) is 8.20. The second-order valence-electron chi connectivity index (χ2n) is 5.98. The van der Waals surface area contributed by atoms with Gasteiger partial charge in [-0.2, -0.15) is 0 Å². The van der Waals surface area contributed by atoms with Gasteiger partial charge < -0.3 is 15.5 Å². The van der Waals surface area contributed by atoms with E-state index in [0.29, 0.717) is 6.04 Å². The fourth-order valence-electron chi connectivity index (χ4n) is 2.89. The van der Waals surface area contributed by atoms with Crippen LogP contribution in [0.5, 0.6) is 0 Å². The number of hydrogen-bond donors (Lipinski definition) is 2. The Morgan fingerprint density at radius 2 is 2.13 bits per heavy atom. The van der Waals surface area contributed by atoms with Crippen molar-refractivity contribution in [1.82, 2.24) is 15.5 Å². The van der Waals surface area contributed by atoms with Crippen LogP contribution < -0.4 is 10.6 Å². The summed E-state index contributed by atoms with van der Waals surface area (Å²) in [6.45, 7) is 9.66. The van der Waals surface area contributed by atoms with Crippen molar-refractivity contribution in [3.05, 3.63) is 21.3 Å². The topological polar surface area (TPSA) is 39.7 Å². The number of nitrogens with one attached hydrogen (secondary N) is 2. The zero-order valence-corrected chi connectivity index (χ0v) is 15.8. The molecule has 4 nitrogen and oxygen atoms in total. The molecule has 2 N–H and O–H groups in total. The van der Waals surface area contributed by atoms with Crippen LogP contribution >= 0.6 is 22.9 Å². The molecule has 0 bridgehead atoms. The number of nitrogens with zero attached hydrogens (tertiary/aromatic N) is 2. The van der Waals surface area contributed by atoms with Crippen LogP contribution in [0.15, 0.2) is 17.1 Å². The zero-order valence-electron chi connectivity index (χ0n) is 14.3. The van der Waals surface area contributed by atoms with E-state index in [2.05, 4.69) is 35.4 Å². The third-order valence-electron chi connectivity index (χ3n) is 4.07. The van der Waals surface area contributed by atoms with E-state index in [4.69, 9.17) is 16.6 Å². The molecule has 2 heterocycles. The molecular weight excluding hydrogens is 328 g/mol. The van der Waals surface area contributed by atoms with Crippen LogP contribution in [0.1, 0.15) is 38.0 Å². The van der Waals surface area contributed by atoms with Crippen LogP contribution in [-0.4, -0.2) is 49.6 Å². The summed E-state index contributed by atoms with van der Waals surface area (Å²) < 4.78 is 0.854. The van der Waals surface area contributed by atoms with E-state index in [1.165, 1.54) is 43.8 Å². The van der Waals surface area contributed by atoms with Crippen LogP contribution in [-0.2, 0) is 6.42 Å². The van der Waals surface area contributed by atoms with Crippen LogP contribution in [0, 0.1) is 0 Å². The fourth-order valence-corrected chi connectivity index (χ4v) is 3.97. The molecule has 0 aliphatic carbocycles. The fraction of sp³-hybridized carbons (Fsp3) is 0.706. The first-order valence-corrected chi connectivity index (χ1v) is 9.92. The average molecular weight is 357 g/mol. The number of piperidine rings is 1. The van der Waals surface area contributed by atoms with Gasteiger partial charge in [-0.3, -0.25) is 4.99 Å². The maximum Gasteiger partial charge on any atom is 0.191 e. The lowest BCUT2D eigenvalue weighted by Gasteiger charge is -2.32. The van der Waals surface area contributed by atoms with Gasteiger partial charge >= 0.3 is 0 Å². The first-order valence-electron chi connectivity index (χ1n) is 8.72. The van der Waals surface area contributed by atoms with Crippen molar-refractivity contribution >= 4 is 28.9 Å². The second-order valence-corrected chi connectivity index (χ2v) is 7.78. The predicted molar refractivity (Wildman–Crippen MR) is 102 cm³/mol. The normalized spacial score (nSPS) is 17.4. The third-order valence-corrected chi connectivity index (χ3v) is 5.36. The summed E-state index contributed by atoms with van der Waals surface area (Å²) >= 11 is 7.61. The van der Waals surface area contributed by atoms with E-state index < -0.39 is 0 Å². The van der Waals surface area contributed by atoms with Gasteiger partial charge in [-0.05, 0) is 44.9 Å². The molecule has 1 aromatic heterocycles. The number of aliphatic imine (C=N–C) groups is 1. The molecule has 0 saturated carbocycles. The van der Waals surface area contributed by atoms with Gasteiger partial charge in [0.2, 0.25) is 0 Å². The summed E-state index contributed by atoms with van der Waals surface area (Å²) in [7, 11) is 0. The predicted octanol–water partition coefficient (Wildman–Crippen LogP) is 3.37. The molecule has 0 aromatic carbocycles. The van der Waals surface area contributed by atoms with Crippen molar-refractivity contribution in [1.29, 1.82) is 0 Å². The van der Waals surface area contributed by atoms with Gasteiger partial charge in [0, 0.05) is 43.5 Å². The third kappa shape index (κ3) is 6.69. The highest BCUT2D eigenvalue weighted by molar-refractivity contribution is 7.16. The molecular formula is C17H29ClN4S. The van der Waals surface area contributed by atoms with Crippen molar-refractivity contribution in [2.45, 2.75) is 45.6 Å². The lowest BCUT2D eigenvalue weighted by Crippen LogP contribution is -2.48. The van der Waals surface area contributed by atoms with Gasteiger partial charge in [0.15, 0.2) is 5.96 Å². The van der Waals surface area contributed by atoms with Crippen LogP contribution in [0.25, 0.3) is 0 Å². The first kappa shape index (κ1) is 18.6. The molecule has 1 fully saturated rings. The first-order chi connectivity index (χ1) is 11.2. The van der Waals surface area contributed by atoms with E-state index in [1.54, 1.807) is 11.3 Å². The SMILES string of the molecule is CCCN1CCC(NC(=NCCc2ccc(Cl)s2)NCC)CC1. The van der Waals surface area contributed by atoms with E-state index in [1.807, 2.05) is 6.07 Å². The molecule has 1 saturated heterocycles. The van der Waals surface area contributed by atoms with Crippen molar-refractivity contribution in [3.63, 3.8) is 0 Å². The molecule has 6 heteroatoms. The molecule has 1 aromatic rings. The Labute approximate surface area is 149 Å². The van der Waals surface area contributed by atoms with Crippen molar-refractivity contribution in [2.24, 2.45) is 4.99 Å². The summed E-state index contributed by atoms with van der Waals surface area (Å²) in [6, 6.07) is 4.59. The maximum absolute atomic E-state index is 5.97. The maximum atomic E-state index is 5.97. The van der Waals surface area contributed by atoms with Crippen LogP contribution in [0.2, 0.25) is 4.34 Å². The molecule has 130 valence electrons. The van der Waals surface area contributed by atoms with Crippen molar-refractivity contribution in [3.8, 4) is 0 Å². The van der Waals surface area contributed by atoms with Gasteiger partial charge in [-0.25, -0.2) is 0 Å². The molecule has 0 spiro atoms. The molecule has 23 heavy (non-hydrogen) atoms. The largest absolute Gasteiger partial charge is 0.357 e. The quantitative estimate of drug-likeness (QED) is 0.581. The lowest BCUT2D eigenvalue weighted by atomic mass is 10.1.